The molecule has 0 unspecified atom stereocenters. The van der Waals surface area contributed by atoms with Crippen molar-refractivity contribution in [1.82, 2.24) is 9.80 Å². The highest BCUT2D eigenvalue weighted by molar-refractivity contribution is 5.99. The average molecular weight is 364 g/mol. The van der Waals surface area contributed by atoms with Gasteiger partial charge in [-0.3, -0.25) is 9.59 Å². The Morgan fingerprint density at radius 1 is 1.00 bits per heavy atom. The van der Waals surface area contributed by atoms with Crippen molar-refractivity contribution in [2.24, 2.45) is 0 Å². The minimum absolute atomic E-state index is 0.0281. The summed E-state index contributed by atoms with van der Waals surface area (Å²) in [6.45, 7) is 1.82. The Kier molecular flexibility index (Phi) is 4.94. The van der Waals surface area contributed by atoms with E-state index >= 15 is 0 Å². The van der Waals surface area contributed by atoms with Crippen molar-refractivity contribution < 1.29 is 14.7 Å². The summed E-state index contributed by atoms with van der Waals surface area (Å²) in [5.41, 5.74) is 3.99. The van der Waals surface area contributed by atoms with Crippen LogP contribution in [0.25, 0.3) is 11.1 Å². The summed E-state index contributed by atoms with van der Waals surface area (Å²) >= 11 is 0. The molecule has 27 heavy (non-hydrogen) atoms. The summed E-state index contributed by atoms with van der Waals surface area (Å²) in [6.07, 6.45) is 1.68. The van der Waals surface area contributed by atoms with Crippen LogP contribution >= 0.6 is 0 Å². The van der Waals surface area contributed by atoms with Crippen LogP contribution in [-0.2, 0) is 11.2 Å². The first kappa shape index (κ1) is 17.7. The number of aliphatic hydroxyl groups excluding tert-OH is 1. The SMILES string of the molecule is O=C(CN1CCc2cc(-c3ccccc3)ccc2C1=O)N1CCC(O)CC1. The fraction of sp³-hybridized carbons (Fsp3) is 0.364. The third kappa shape index (κ3) is 3.74. The summed E-state index contributed by atoms with van der Waals surface area (Å²) in [4.78, 5) is 28.8. The van der Waals surface area contributed by atoms with Gasteiger partial charge in [-0.05, 0) is 42.0 Å². The molecule has 0 atom stereocenters. The van der Waals surface area contributed by atoms with Crippen molar-refractivity contribution in [3.63, 3.8) is 0 Å². The molecule has 1 saturated heterocycles. The van der Waals surface area contributed by atoms with E-state index in [1.807, 2.05) is 30.3 Å². The Morgan fingerprint density at radius 2 is 1.74 bits per heavy atom. The second kappa shape index (κ2) is 7.53. The van der Waals surface area contributed by atoms with E-state index < -0.39 is 0 Å². The first-order chi connectivity index (χ1) is 13.1. The maximum atomic E-state index is 12.9. The molecule has 0 aromatic heterocycles. The molecular formula is C22H24N2O3. The van der Waals surface area contributed by atoms with Gasteiger partial charge in [0.25, 0.3) is 5.91 Å². The molecule has 2 amide bonds. The van der Waals surface area contributed by atoms with E-state index in [1.54, 1.807) is 9.80 Å². The van der Waals surface area contributed by atoms with E-state index in [0.29, 0.717) is 38.0 Å². The second-order valence-corrected chi connectivity index (χ2v) is 7.33. The molecule has 4 rings (SSSR count). The monoisotopic (exact) mass is 364 g/mol. The zero-order valence-electron chi connectivity index (χ0n) is 15.3. The number of nitrogens with zero attached hydrogens (tertiary/aromatic N) is 2. The van der Waals surface area contributed by atoms with Crippen LogP contribution in [0.15, 0.2) is 48.5 Å². The van der Waals surface area contributed by atoms with E-state index in [1.165, 1.54) is 0 Å². The molecule has 0 saturated carbocycles. The number of carbonyl (C=O) groups is 2. The molecule has 5 heteroatoms. The van der Waals surface area contributed by atoms with Gasteiger partial charge in [-0.2, -0.15) is 0 Å². The third-order valence-corrected chi connectivity index (χ3v) is 5.52. The highest BCUT2D eigenvalue weighted by atomic mass is 16.3. The van der Waals surface area contributed by atoms with E-state index in [2.05, 4.69) is 18.2 Å². The highest BCUT2D eigenvalue weighted by Crippen LogP contribution is 2.26. The molecule has 2 heterocycles. The number of carbonyl (C=O) groups excluding carboxylic acids is 2. The van der Waals surface area contributed by atoms with Gasteiger partial charge in [0.1, 0.15) is 6.54 Å². The number of hydrogen-bond acceptors (Lipinski definition) is 3. The molecule has 2 aromatic carbocycles. The Labute approximate surface area is 159 Å². The lowest BCUT2D eigenvalue weighted by molar-refractivity contribution is -0.133. The molecule has 2 aliphatic rings. The standard InChI is InChI=1S/C22H24N2O3/c25-19-9-12-23(13-10-19)21(26)15-24-11-8-18-14-17(6-7-20(18)22(24)27)16-4-2-1-3-5-16/h1-7,14,19,25H,8-13,15H2. The molecular weight excluding hydrogens is 340 g/mol. The third-order valence-electron chi connectivity index (χ3n) is 5.52. The normalized spacial score (nSPS) is 17.7. The smallest absolute Gasteiger partial charge is 0.254 e. The predicted octanol–water partition coefficient (Wildman–Crippen LogP) is 2.34. The molecule has 0 bridgehead atoms. The molecule has 0 aliphatic carbocycles. The zero-order valence-corrected chi connectivity index (χ0v) is 15.3. The number of hydrogen-bond donors (Lipinski definition) is 1. The van der Waals surface area contributed by atoms with E-state index in [-0.39, 0.29) is 24.5 Å². The van der Waals surface area contributed by atoms with Crippen LogP contribution in [0.5, 0.6) is 0 Å². The first-order valence-electron chi connectivity index (χ1n) is 9.55. The average Bonchev–Trinajstić information content (AvgIpc) is 2.71. The number of piperidine rings is 1. The second-order valence-electron chi connectivity index (χ2n) is 7.33. The van der Waals surface area contributed by atoms with Gasteiger partial charge in [0.15, 0.2) is 0 Å². The number of likely N-dealkylation sites (tertiary alicyclic amines) is 1. The topological polar surface area (TPSA) is 60.9 Å². The Balaban J connectivity index is 1.46. The van der Waals surface area contributed by atoms with Gasteiger partial charge in [0.2, 0.25) is 5.91 Å². The van der Waals surface area contributed by atoms with Crippen LogP contribution in [-0.4, -0.2) is 59.0 Å². The molecule has 1 N–H and O–H groups in total. The van der Waals surface area contributed by atoms with Gasteiger partial charge in [-0.15, -0.1) is 0 Å². The molecule has 140 valence electrons. The summed E-state index contributed by atoms with van der Waals surface area (Å²) in [5, 5.41) is 9.58. The number of fused-ring (bicyclic) bond motifs is 1. The minimum atomic E-state index is -0.309. The lowest BCUT2D eigenvalue weighted by Gasteiger charge is -2.33. The lowest BCUT2D eigenvalue weighted by Crippen LogP contribution is -2.48. The van der Waals surface area contributed by atoms with Crippen LogP contribution in [0.4, 0.5) is 0 Å². The maximum Gasteiger partial charge on any atom is 0.254 e. The Hall–Kier alpha value is -2.66. The first-order valence-corrected chi connectivity index (χ1v) is 9.55. The molecule has 1 fully saturated rings. The largest absolute Gasteiger partial charge is 0.393 e. The molecule has 0 radical (unpaired) electrons. The van der Waals surface area contributed by atoms with Crippen molar-refractivity contribution in [1.29, 1.82) is 0 Å². The maximum absolute atomic E-state index is 12.9. The van der Waals surface area contributed by atoms with Crippen LogP contribution in [0.3, 0.4) is 0 Å². The molecule has 2 aliphatic heterocycles. The summed E-state index contributed by atoms with van der Waals surface area (Å²) in [5.74, 6) is -0.0964. The van der Waals surface area contributed by atoms with Gasteiger partial charge in [-0.25, -0.2) is 0 Å². The minimum Gasteiger partial charge on any atom is -0.393 e. The quantitative estimate of drug-likeness (QED) is 0.909. The fourth-order valence-electron chi connectivity index (χ4n) is 3.88. The summed E-state index contributed by atoms with van der Waals surface area (Å²) < 4.78 is 0. The number of rotatable bonds is 3. The number of amides is 2. The highest BCUT2D eigenvalue weighted by Gasteiger charge is 2.29. The predicted molar refractivity (Wildman–Crippen MR) is 103 cm³/mol. The van der Waals surface area contributed by atoms with E-state index in [9.17, 15) is 14.7 Å². The van der Waals surface area contributed by atoms with Gasteiger partial charge >= 0.3 is 0 Å². The Morgan fingerprint density at radius 3 is 2.48 bits per heavy atom. The van der Waals surface area contributed by atoms with E-state index in [4.69, 9.17) is 0 Å². The fourth-order valence-corrected chi connectivity index (χ4v) is 3.88. The van der Waals surface area contributed by atoms with Crippen molar-refractivity contribution in [3.8, 4) is 11.1 Å². The van der Waals surface area contributed by atoms with Crippen LogP contribution in [0.1, 0.15) is 28.8 Å². The number of benzene rings is 2. The summed E-state index contributed by atoms with van der Waals surface area (Å²) in [6, 6.07) is 16.1. The van der Waals surface area contributed by atoms with Crippen molar-refractivity contribution >= 4 is 11.8 Å². The van der Waals surface area contributed by atoms with Gasteiger partial charge in [0.05, 0.1) is 6.10 Å². The van der Waals surface area contributed by atoms with Crippen molar-refractivity contribution in [3.05, 3.63) is 59.7 Å². The van der Waals surface area contributed by atoms with Gasteiger partial charge < -0.3 is 14.9 Å². The van der Waals surface area contributed by atoms with Crippen molar-refractivity contribution in [2.45, 2.75) is 25.4 Å². The zero-order chi connectivity index (χ0) is 18.8. The van der Waals surface area contributed by atoms with Crippen LogP contribution < -0.4 is 0 Å². The summed E-state index contributed by atoms with van der Waals surface area (Å²) in [7, 11) is 0. The number of aliphatic hydroxyl groups is 1. The lowest BCUT2D eigenvalue weighted by atomic mass is 9.94. The molecule has 0 spiro atoms. The van der Waals surface area contributed by atoms with Crippen molar-refractivity contribution in [2.75, 3.05) is 26.2 Å². The van der Waals surface area contributed by atoms with Crippen LogP contribution in [0, 0.1) is 0 Å². The van der Waals surface area contributed by atoms with Gasteiger partial charge in [0, 0.05) is 25.2 Å². The molecule has 2 aromatic rings. The van der Waals surface area contributed by atoms with Gasteiger partial charge in [-0.1, -0.05) is 42.5 Å². The Bertz CT molecular complexity index is 842. The molecule has 5 nitrogen and oxygen atoms in total. The van der Waals surface area contributed by atoms with E-state index in [0.717, 1.165) is 23.1 Å². The van der Waals surface area contributed by atoms with Crippen LogP contribution in [0.2, 0.25) is 0 Å².